The Bertz CT molecular complexity index is 277. The second kappa shape index (κ2) is 3.13. The van der Waals surface area contributed by atoms with E-state index < -0.39 is 0 Å². The summed E-state index contributed by atoms with van der Waals surface area (Å²) in [4.78, 5) is 0. The molecule has 0 bridgehead atoms. The van der Waals surface area contributed by atoms with Crippen molar-refractivity contribution in [2.75, 3.05) is 13.2 Å². The Labute approximate surface area is 88.4 Å². The summed E-state index contributed by atoms with van der Waals surface area (Å²) in [5.74, 6) is 0. The Morgan fingerprint density at radius 3 is 2.17 bits per heavy atom. The predicted octanol–water partition coefficient (Wildman–Crippen LogP) is 3.07. The molecule has 3 heteroatoms. The number of benzene rings is 1. The van der Waals surface area contributed by atoms with Crippen molar-refractivity contribution >= 4 is 31.9 Å². The van der Waals surface area contributed by atoms with Crippen LogP contribution in [0, 0.1) is 0 Å². The molecule has 1 heterocycles. The monoisotopic (exact) mass is 290 g/mol. The molecule has 0 unspecified atom stereocenters. The van der Waals surface area contributed by atoms with Crippen LogP contribution in [0.25, 0.3) is 0 Å². The van der Waals surface area contributed by atoms with Gasteiger partial charge in [0.25, 0.3) is 0 Å². The highest BCUT2D eigenvalue weighted by atomic mass is 79.9. The van der Waals surface area contributed by atoms with Gasteiger partial charge >= 0.3 is 0 Å². The van der Waals surface area contributed by atoms with E-state index in [1.807, 2.05) is 0 Å². The fourth-order valence-corrected chi connectivity index (χ4v) is 2.05. The zero-order valence-corrected chi connectivity index (χ0v) is 9.56. The lowest BCUT2D eigenvalue weighted by Crippen LogP contribution is -2.40. The second-order valence-electron chi connectivity index (χ2n) is 2.96. The molecule has 1 saturated heterocycles. The third kappa shape index (κ3) is 1.45. The van der Waals surface area contributed by atoms with Crippen LogP contribution in [0.4, 0.5) is 0 Å². The molecule has 1 nitrogen and oxygen atoms in total. The first-order valence-electron chi connectivity index (χ1n) is 3.73. The van der Waals surface area contributed by atoms with Gasteiger partial charge in [-0.1, -0.05) is 44.0 Å². The fourth-order valence-electron chi connectivity index (χ4n) is 1.20. The van der Waals surface area contributed by atoms with E-state index >= 15 is 0 Å². The van der Waals surface area contributed by atoms with Crippen molar-refractivity contribution in [3.63, 3.8) is 0 Å². The molecule has 1 aromatic carbocycles. The SMILES string of the molecule is Brc1ccc(C2(Br)COC2)cc1. The van der Waals surface area contributed by atoms with Crippen LogP contribution in [-0.4, -0.2) is 13.2 Å². The molecule has 1 fully saturated rings. The van der Waals surface area contributed by atoms with Gasteiger partial charge in [0.2, 0.25) is 0 Å². The molecule has 12 heavy (non-hydrogen) atoms. The summed E-state index contributed by atoms with van der Waals surface area (Å²) >= 11 is 7.07. The molecule has 0 saturated carbocycles. The summed E-state index contributed by atoms with van der Waals surface area (Å²) in [6.07, 6.45) is 0. The highest BCUT2D eigenvalue weighted by Gasteiger charge is 2.37. The minimum Gasteiger partial charge on any atom is -0.378 e. The van der Waals surface area contributed by atoms with Gasteiger partial charge in [0, 0.05) is 4.47 Å². The number of ether oxygens (including phenoxy) is 1. The van der Waals surface area contributed by atoms with Crippen molar-refractivity contribution in [3.05, 3.63) is 34.3 Å². The van der Waals surface area contributed by atoms with Gasteiger partial charge in [-0.05, 0) is 17.7 Å². The molecular formula is C9H8Br2O. The lowest BCUT2D eigenvalue weighted by atomic mass is 9.98. The molecule has 0 aromatic heterocycles. The van der Waals surface area contributed by atoms with Crippen molar-refractivity contribution < 1.29 is 4.74 Å². The average molecular weight is 292 g/mol. The number of halogens is 2. The number of hydrogen-bond donors (Lipinski definition) is 0. The number of rotatable bonds is 1. The molecule has 0 aliphatic carbocycles. The van der Waals surface area contributed by atoms with E-state index in [1.54, 1.807) is 0 Å². The Morgan fingerprint density at radius 1 is 1.17 bits per heavy atom. The fraction of sp³-hybridized carbons (Fsp3) is 0.333. The maximum Gasteiger partial charge on any atom is 0.0971 e. The van der Waals surface area contributed by atoms with E-state index in [0.29, 0.717) is 0 Å². The molecule has 0 radical (unpaired) electrons. The Balaban J connectivity index is 2.28. The van der Waals surface area contributed by atoms with Gasteiger partial charge in [-0.15, -0.1) is 0 Å². The first kappa shape index (κ1) is 8.73. The Hall–Kier alpha value is 0.140. The average Bonchev–Trinajstić information content (AvgIpc) is 2.02. The maximum atomic E-state index is 5.16. The summed E-state index contributed by atoms with van der Waals surface area (Å²) < 4.78 is 6.35. The van der Waals surface area contributed by atoms with E-state index in [1.165, 1.54) is 5.56 Å². The zero-order valence-electron chi connectivity index (χ0n) is 6.39. The van der Waals surface area contributed by atoms with Crippen molar-refractivity contribution in [1.82, 2.24) is 0 Å². The lowest BCUT2D eigenvalue weighted by molar-refractivity contribution is -0.00698. The summed E-state index contributed by atoms with van der Waals surface area (Å²) in [5, 5.41) is 0. The van der Waals surface area contributed by atoms with Crippen LogP contribution in [0.15, 0.2) is 28.7 Å². The molecule has 64 valence electrons. The number of alkyl halides is 1. The van der Waals surface area contributed by atoms with Crippen LogP contribution in [0.3, 0.4) is 0 Å². The molecule has 2 rings (SSSR count). The van der Waals surface area contributed by atoms with Crippen molar-refractivity contribution in [2.45, 2.75) is 4.32 Å². The minimum absolute atomic E-state index is 0.0771. The quantitative estimate of drug-likeness (QED) is 0.723. The maximum absolute atomic E-state index is 5.16. The third-order valence-corrected chi connectivity index (χ3v) is 3.47. The summed E-state index contributed by atoms with van der Waals surface area (Å²) in [6, 6.07) is 8.33. The van der Waals surface area contributed by atoms with Gasteiger partial charge in [-0.2, -0.15) is 0 Å². The van der Waals surface area contributed by atoms with Crippen molar-refractivity contribution in [1.29, 1.82) is 0 Å². The molecule has 0 amide bonds. The van der Waals surface area contributed by atoms with Gasteiger partial charge in [0.05, 0.1) is 17.5 Å². The summed E-state index contributed by atoms with van der Waals surface area (Å²) in [6.45, 7) is 1.54. The molecule has 0 atom stereocenters. The molecular weight excluding hydrogens is 284 g/mol. The van der Waals surface area contributed by atoms with Gasteiger partial charge in [-0.25, -0.2) is 0 Å². The summed E-state index contributed by atoms with van der Waals surface area (Å²) in [7, 11) is 0. The normalized spacial score (nSPS) is 20.2. The van der Waals surface area contributed by atoms with Crippen LogP contribution in [0.2, 0.25) is 0 Å². The highest BCUT2D eigenvalue weighted by molar-refractivity contribution is 9.10. The van der Waals surface area contributed by atoms with Crippen molar-refractivity contribution in [2.24, 2.45) is 0 Å². The van der Waals surface area contributed by atoms with Crippen LogP contribution in [0.5, 0.6) is 0 Å². The summed E-state index contributed by atoms with van der Waals surface area (Å²) in [5.41, 5.74) is 1.29. The molecule has 1 aromatic rings. The van der Waals surface area contributed by atoms with E-state index in [0.717, 1.165) is 17.7 Å². The first-order chi connectivity index (χ1) is 5.71. The van der Waals surface area contributed by atoms with Crippen molar-refractivity contribution in [3.8, 4) is 0 Å². The largest absolute Gasteiger partial charge is 0.378 e. The van der Waals surface area contributed by atoms with Gasteiger partial charge in [0.15, 0.2) is 0 Å². The zero-order chi connectivity index (χ0) is 8.60. The van der Waals surface area contributed by atoms with Gasteiger partial charge in [0.1, 0.15) is 0 Å². The van der Waals surface area contributed by atoms with Gasteiger partial charge < -0.3 is 4.74 Å². The van der Waals surface area contributed by atoms with Crippen LogP contribution in [0.1, 0.15) is 5.56 Å². The van der Waals surface area contributed by atoms with E-state index in [2.05, 4.69) is 56.1 Å². The molecule has 0 N–H and O–H groups in total. The van der Waals surface area contributed by atoms with Crippen LogP contribution >= 0.6 is 31.9 Å². The smallest absolute Gasteiger partial charge is 0.0971 e. The lowest BCUT2D eigenvalue weighted by Gasteiger charge is -2.36. The second-order valence-corrected chi connectivity index (χ2v) is 5.40. The van der Waals surface area contributed by atoms with Gasteiger partial charge in [-0.3, -0.25) is 0 Å². The van der Waals surface area contributed by atoms with E-state index in [4.69, 9.17) is 4.74 Å². The highest BCUT2D eigenvalue weighted by Crippen LogP contribution is 2.38. The first-order valence-corrected chi connectivity index (χ1v) is 5.32. The minimum atomic E-state index is 0.0771. The third-order valence-electron chi connectivity index (χ3n) is 2.02. The predicted molar refractivity (Wildman–Crippen MR) is 55.6 cm³/mol. The Kier molecular flexibility index (Phi) is 2.27. The topological polar surface area (TPSA) is 9.23 Å². The Morgan fingerprint density at radius 2 is 1.75 bits per heavy atom. The van der Waals surface area contributed by atoms with Crippen LogP contribution < -0.4 is 0 Å². The standard InChI is InChI=1S/C9H8Br2O/c10-8-3-1-7(2-4-8)9(11)5-12-6-9/h1-4H,5-6H2. The molecule has 0 spiro atoms. The van der Waals surface area contributed by atoms with E-state index in [9.17, 15) is 0 Å². The molecule has 1 aliphatic heterocycles. The van der Waals surface area contributed by atoms with E-state index in [-0.39, 0.29) is 4.32 Å². The van der Waals surface area contributed by atoms with Crippen LogP contribution in [-0.2, 0) is 9.06 Å². The number of hydrogen-bond acceptors (Lipinski definition) is 1. The molecule has 1 aliphatic rings.